The molecule has 5 rings (SSSR count). The van der Waals surface area contributed by atoms with Gasteiger partial charge in [-0.2, -0.15) is 0 Å². The lowest BCUT2D eigenvalue weighted by Gasteiger charge is -2.12. The Morgan fingerprint density at radius 1 is 1.17 bits per heavy atom. The van der Waals surface area contributed by atoms with E-state index in [1.54, 1.807) is 0 Å². The number of hydrogen-bond donors (Lipinski definition) is 1. The second-order valence-electron chi connectivity index (χ2n) is 7.15. The molecular formula is C20H19ClN2O. The number of nitrogens with one attached hydrogen (secondary N) is 1. The molecule has 2 aromatic carbocycles. The van der Waals surface area contributed by atoms with E-state index < -0.39 is 0 Å². The summed E-state index contributed by atoms with van der Waals surface area (Å²) in [6.45, 7) is 0.946. The molecule has 0 spiro atoms. The SMILES string of the molecule is Clc1ccc2nc(C3(CN[C@H]4CC4c4ccccc4)CC3)oc2c1. The van der Waals surface area contributed by atoms with E-state index in [0.29, 0.717) is 17.0 Å². The molecule has 24 heavy (non-hydrogen) atoms. The summed E-state index contributed by atoms with van der Waals surface area (Å²) in [7, 11) is 0. The van der Waals surface area contributed by atoms with Gasteiger partial charge >= 0.3 is 0 Å². The van der Waals surface area contributed by atoms with Crippen LogP contribution in [0.1, 0.15) is 36.6 Å². The predicted molar refractivity (Wildman–Crippen MR) is 95.5 cm³/mol. The van der Waals surface area contributed by atoms with E-state index in [2.05, 4.69) is 35.6 Å². The van der Waals surface area contributed by atoms with Gasteiger partial charge in [0.05, 0.1) is 5.41 Å². The van der Waals surface area contributed by atoms with Gasteiger partial charge in [0.2, 0.25) is 5.89 Å². The standard InChI is InChI=1S/C20H19ClN2O/c21-14-6-7-16-18(10-14)24-19(23-16)20(8-9-20)12-22-17-11-15(17)13-4-2-1-3-5-13/h1-7,10,15,17,22H,8-9,11-12H2/t15?,17-/m0/s1. The molecule has 2 atom stereocenters. The molecule has 0 aliphatic heterocycles. The molecular weight excluding hydrogens is 320 g/mol. The van der Waals surface area contributed by atoms with Gasteiger partial charge in [0.25, 0.3) is 0 Å². The zero-order valence-electron chi connectivity index (χ0n) is 13.3. The molecule has 0 saturated heterocycles. The van der Waals surface area contributed by atoms with Gasteiger partial charge in [-0.25, -0.2) is 4.98 Å². The summed E-state index contributed by atoms with van der Waals surface area (Å²) in [6, 6.07) is 17.0. The summed E-state index contributed by atoms with van der Waals surface area (Å²) in [5.74, 6) is 1.52. The zero-order chi connectivity index (χ0) is 16.1. The van der Waals surface area contributed by atoms with Crippen molar-refractivity contribution >= 4 is 22.7 Å². The quantitative estimate of drug-likeness (QED) is 0.735. The van der Waals surface area contributed by atoms with Crippen molar-refractivity contribution < 1.29 is 4.42 Å². The second kappa shape index (κ2) is 5.33. The summed E-state index contributed by atoms with van der Waals surface area (Å²) in [5.41, 5.74) is 3.21. The Balaban J connectivity index is 1.29. The van der Waals surface area contributed by atoms with Gasteiger partial charge in [0.1, 0.15) is 5.52 Å². The van der Waals surface area contributed by atoms with Crippen molar-refractivity contribution in [3.8, 4) is 0 Å². The van der Waals surface area contributed by atoms with Crippen LogP contribution in [0.15, 0.2) is 52.9 Å². The highest BCUT2D eigenvalue weighted by atomic mass is 35.5. The largest absolute Gasteiger partial charge is 0.440 e. The number of rotatable bonds is 5. The lowest BCUT2D eigenvalue weighted by Crippen LogP contribution is -2.29. The van der Waals surface area contributed by atoms with Crippen LogP contribution in [-0.2, 0) is 5.41 Å². The molecule has 1 N–H and O–H groups in total. The fraction of sp³-hybridized carbons (Fsp3) is 0.350. The minimum absolute atomic E-state index is 0.0787. The van der Waals surface area contributed by atoms with Gasteiger partial charge in [0.15, 0.2) is 5.58 Å². The fourth-order valence-corrected chi connectivity index (χ4v) is 3.72. The Morgan fingerprint density at radius 3 is 2.79 bits per heavy atom. The fourth-order valence-electron chi connectivity index (χ4n) is 3.56. The van der Waals surface area contributed by atoms with E-state index in [9.17, 15) is 0 Å². The van der Waals surface area contributed by atoms with Gasteiger partial charge in [-0.1, -0.05) is 41.9 Å². The Morgan fingerprint density at radius 2 is 2.00 bits per heavy atom. The summed E-state index contributed by atoms with van der Waals surface area (Å²) in [5, 5.41) is 4.43. The highest BCUT2D eigenvalue weighted by Crippen LogP contribution is 2.49. The number of halogens is 1. The van der Waals surface area contributed by atoms with Crippen LogP contribution in [0.4, 0.5) is 0 Å². The predicted octanol–water partition coefficient (Wildman–Crippen LogP) is 4.66. The third-order valence-electron chi connectivity index (χ3n) is 5.38. The van der Waals surface area contributed by atoms with Crippen molar-refractivity contribution in [1.82, 2.24) is 10.3 Å². The minimum Gasteiger partial charge on any atom is -0.440 e. The van der Waals surface area contributed by atoms with Crippen LogP contribution < -0.4 is 5.32 Å². The average Bonchev–Trinajstić information content (AvgIpc) is 3.51. The molecule has 3 aromatic rings. The third kappa shape index (κ3) is 2.52. The maximum atomic E-state index is 6.04. The molecule has 2 aliphatic rings. The zero-order valence-corrected chi connectivity index (χ0v) is 14.1. The van der Waals surface area contributed by atoms with E-state index in [0.717, 1.165) is 36.4 Å². The molecule has 122 valence electrons. The van der Waals surface area contributed by atoms with E-state index >= 15 is 0 Å². The Kier molecular flexibility index (Phi) is 3.22. The number of hydrogen-bond acceptors (Lipinski definition) is 3. The lowest BCUT2D eigenvalue weighted by molar-refractivity contribution is 0.434. The maximum Gasteiger partial charge on any atom is 0.202 e. The van der Waals surface area contributed by atoms with Crippen molar-refractivity contribution in [2.45, 2.75) is 36.6 Å². The summed E-state index contributed by atoms with van der Waals surface area (Å²) >= 11 is 6.04. The van der Waals surface area contributed by atoms with Crippen molar-refractivity contribution in [2.75, 3.05) is 6.54 Å². The molecule has 0 bridgehead atoms. The number of fused-ring (bicyclic) bond motifs is 1. The highest BCUT2D eigenvalue weighted by Gasteiger charge is 2.50. The van der Waals surface area contributed by atoms with Crippen LogP contribution in [0.2, 0.25) is 5.02 Å². The van der Waals surface area contributed by atoms with Gasteiger partial charge in [-0.3, -0.25) is 0 Å². The third-order valence-corrected chi connectivity index (χ3v) is 5.61. The smallest absolute Gasteiger partial charge is 0.202 e. The van der Waals surface area contributed by atoms with Crippen LogP contribution in [0.5, 0.6) is 0 Å². The Hall–Kier alpha value is -1.84. The molecule has 1 heterocycles. The summed E-state index contributed by atoms with van der Waals surface area (Å²) < 4.78 is 6.00. The Labute approximate surface area is 146 Å². The number of benzene rings is 2. The van der Waals surface area contributed by atoms with E-state index in [4.69, 9.17) is 21.0 Å². The topological polar surface area (TPSA) is 38.1 Å². The van der Waals surface area contributed by atoms with Gasteiger partial charge in [0, 0.05) is 29.6 Å². The normalized spacial score (nSPS) is 24.2. The monoisotopic (exact) mass is 338 g/mol. The van der Waals surface area contributed by atoms with Crippen molar-refractivity contribution in [3.63, 3.8) is 0 Å². The van der Waals surface area contributed by atoms with Crippen molar-refractivity contribution in [3.05, 3.63) is 65.0 Å². The molecule has 4 heteroatoms. The maximum absolute atomic E-state index is 6.04. The van der Waals surface area contributed by atoms with E-state index in [1.165, 1.54) is 12.0 Å². The first-order valence-electron chi connectivity index (χ1n) is 8.58. The number of nitrogens with zero attached hydrogens (tertiary/aromatic N) is 1. The first-order chi connectivity index (χ1) is 11.7. The van der Waals surface area contributed by atoms with Crippen LogP contribution in [0.3, 0.4) is 0 Å². The van der Waals surface area contributed by atoms with Crippen LogP contribution in [0.25, 0.3) is 11.1 Å². The molecule has 2 saturated carbocycles. The molecule has 1 aromatic heterocycles. The molecule has 1 unspecified atom stereocenters. The molecule has 2 aliphatic carbocycles. The molecule has 2 fully saturated rings. The molecule has 0 amide bonds. The van der Waals surface area contributed by atoms with Gasteiger partial charge in [-0.05, 0) is 37.0 Å². The first kappa shape index (κ1) is 14.5. The average molecular weight is 339 g/mol. The van der Waals surface area contributed by atoms with E-state index in [-0.39, 0.29) is 5.41 Å². The molecule has 3 nitrogen and oxygen atoms in total. The number of oxazole rings is 1. The summed E-state index contributed by atoms with van der Waals surface area (Å²) in [6.07, 6.45) is 3.51. The molecule has 0 radical (unpaired) electrons. The lowest BCUT2D eigenvalue weighted by atomic mass is 10.1. The highest BCUT2D eigenvalue weighted by molar-refractivity contribution is 6.31. The summed E-state index contributed by atoms with van der Waals surface area (Å²) in [4.78, 5) is 4.70. The van der Waals surface area contributed by atoms with Crippen LogP contribution in [-0.4, -0.2) is 17.6 Å². The second-order valence-corrected chi connectivity index (χ2v) is 7.59. The van der Waals surface area contributed by atoms with Crippen molar-refractivity contribution in [1.29, 1.82) is 0 Å². The minimum atomic E-state index is 0.0787. The number of aromatic nitrogens is 1. The van der Waals surface area contributed by atoms with Crippen molar-refractivity contribution in [2.24, 2.45) is 0 Å². The van der Waals surface area contributed by atoms with Crippen LogP contribution >= 0.6 is 11.6 Å². The first-order valence-corrected chi connectivity index (χ1v) is 8.96. The van der Waals surface area contributed by atoms with Gasteiger partial charge < -0.3 is 9.73 Å². The van der Waals surface area contributed by atoms with Crippen LogP contribution in [0, 0.1) is 0 Å². The van der Waals surface area contributed by atoms with E-state index in [1.807, 2.05) is 18.2 Å². The Bertz CT molecular complexity index is 885. The van der Waals surface area contributed by atoms with Gasteiger partial charge in [-0.15, -0.1) is 0 Å².